The molecule has 1 aromatic carbocycles. The van der Waals surface area contributed by atoms with Crippen molar-refractivity contribution >= 4 is 17.3 Å². The normalized spacial score (nSPS) is 35.4. The molecular formula is C23H34N3S+. The third kappa shape index (κ3) is 3.63. The molecule has 146 valence electrons. The van der Waals surface area contributed by atoms with E-state index in [0.29, 0.717) is 5.54 Å². The number of rotatable bonds is 4. The van der Waals surface area contributed by atoms with E-state index in [-0.39, 0.29) is 0 Å². The standard InChI is InChI=1S/C23H33N3S/c27-22(24-7-6-18-4-2-1-3-5-18)25-8-10-26(11-9-25)23-15-19-12-20(16-23)14-21(13-19)17-23/h1-5,19-21H,6-17H2,(H,24,27)/p+1. The van der Waals surface area contributed by atoms with Crippen LogP contribution in [0.15, 0.2) is 30.3 Å². The van der Waals surface area contributed by atoms with Gasteiger partial charge in [0.25, 0.3) is 0 Å². The van der Waals surface area contributed by atoms with E-state index in [4.69, 9.17) is 12.2 Å². The fourth-order valence-corrected chi connectivity index (χ4v) is 7.41. The number of benzene rings is 1. The van der Waals surface area contributed by atoms with Crippen molar-refractivity contribution in [1.82, 2.24) is 10.2 Å². The Hall–Kier alpha value is -1.13. The van der Waals surface area contributed by atoms with Crippen LogP contribution in [0.2, 0.25) is 0 Å². The molecule has 5 fully saturated rings. The maximum Gasteiger partial charge on any atom is 0.169 e. The number of hydrogen-bond donors (Lipinski definition) is 2. The van der Waals surface area contributed by atoms with Gasteiger partial charge in [0.1, 0.15) is 0 Å². The molecule has 0 unspecified atom stereocenters. The van der Waals surface area contributed by atoms with Crippen molar-refractivity contribution in [2.45, 2.75) is 50.5 Å². The molecule has 27 heavy (non-hydrogen) atoms. The maximum atomic E-state index is 5.70. The number of quaternary nitrogens is 1. The summed E-state index contributed by atoms with van der Waals surface area (Å²) in [7, 11) is 0. The summed E-state index contributed by atoms with van der Waals surface area (Å²) in [4.78, 5) is 4.34. The van der Waals surface area contributed by atoms with Crippen LogP contribution in [0.1, 0.15) is 44.1 Å². The molecule has 4 heteroatoms. The summed E-state index contributed by atoms with van der Waals surface area (Å²) in [5.41, 5.74) is 2.02. The predicted molar refractivity (Wildman–Crippen MR) is 114 cm³/mol. The minimum absolute atomic E-state index is 0.642. The van der Waals surface area contributed by atoms with Crippen molar-refractivity contribution < 1.29 is 4.90 Å². The quantitative estimate of drug-likeness (QED) is 0.777. The molecule has 0 atom stereocenters. The van der Waals surface area contributed by atoms with Crippen LogP contribution < -0.4 is 10.2 Å². The number of nitrogens with one attached hydrogen (secondary N) is 2. The van der Waals surface area contributed by atoms with Crippen LogP contribution in [-0.2, 0) is 6.42 Å². The molecule has 0 radical (unpaired) electrons. The highest BCUT2D eigenvalue weighted by Crippen LogP contribution is 2.54. The van der Waals surface area contributed by atoms with E-state index in [2.05, 4.69) is 40.5 Å². The van der Waals surface area contributed by atoms with E-state index in [0.717, 1.165) is 48.9 Å². The van der Waals surface area contributed by atoms with E-state index < -0.39 is 0 Å². The SMILES string of the molecule is S=C(NCCc1ccccc1)N1CC[NH+](C23CC4CC(CC(C4)C2)C3)CC1. The first-order chi connectivity index (χ1) is 13.2. The summed E-state index contributed by atoms with van der Waals surface area (Å²) >= 11 is 5.70. The minimum atomic E-state index is 0.642. The van der Waals surface area contributed by atoms with Crippen LogP contribution >= 0.6 is 12.2 Å². The third-order valence-electron chi connectivity index (χ3n) is 7.98. The second-order valence-corrected chi connectivity index (χ2v) is 10.1. The van der Waals surface area contributed by atoms with Gasteiger partial charge >= 0.3 is 0 Å². The summed E-state index contributed by atoms with van der Waals surface area (Å²) in [6.07, 6.45) is 10.3. The lowest BCUT2D eigenvalue weighted by Gasteiger charge is -2.59. The second kappa shape index (κ2) is 7.36. The molecule has 4 bridgehead atoms. The number of hydrogen-bond acceptors (Lipinski definition) is 1. The highest BCUT2D eigenvalue weighted by Gasteiger charge is 2.56. The molecule has 3 nitrogen and oxygen atoms in total. The summed E-state index contributed by atoms with van der Waals surface area (Å²) in [5, 5.41) is 4.47. The van der Waals surface area contributed by atoms with E-state index in [1.807, 2.05) is 4.90 Å². The molecule has 4 saturated carbocycles. The van der Waals surface area contributed by atoms with Crippen molar-refractivity contribution in [3.63, 3.8) is 0 Å². The maximum absolute atomic E-state index is 5.70. The average Bonchev–Trinajstić information content (AvgIpc) is 2.68. The number of piperazine rings is 1. The van der Waals surface area contributed by atoms with Crippen molar-refractivity contribution in [3.8, 4) is 0 Å². The Morgan fingerprint density at radius 1 is 1.00 bits per heavy atom. The van der Waals surface area contributed by atoms with Gasteiger partial charge in [-0.2, -0.15) is 0 Å². The van der Waals surface area contributed by atoms with Crippen molar-refractivity contribution in [3.05, 3.63) is 35.9 Å². The number of nitrogens with zero attached hydrogens (tertiary/aromatic N) is 1. The topological polar surface area (TPSA) is 19.7 Å². The Kier molecular flexibility index (Phi) is 4.89. The molecular weight excluding hydrogens is 350 g/mol. The fourth-order valence-electron chi connectivity index (χ4n) is 7.12. The van der Waals surface area contributed by atoms with Gasteiger partial charge in [-0.05, 0) is 61.2 Å². The molecule has 0 spiro atoms. The van der Waals surface area contributed by atoms with E-state index in [1.54, 1.807) is 19.3 Å². The fraction of sp³-hybridized carbons (Fsp3) is 0.696. The highest BCUT2D eigenvalue weighted by molar-refractivity contribution is 7.80. The second-order valence-electron chi connectivity index (χ2n) is 9.76. The van der Waals surface area contributed by atoms with Crippen LogP contribution in [0.3, 0.4) is 0 Å². The summed E-state index contributed by atoms with van der Waals surface area (Å²) in [6, 6.07) is 10.7. The Morgan fingerprint density at radius 3 is 2.19 bits per heavy atom. The summed E-state index contributed by atoms with van der Waals surface area (Å²) in [5.74, 6) is 3.17. The van der Waals surface area contributed by atoms with Crippen LogP contribution in [-0.4, -0.2) is 48.3 Å². The van der Waals surface area contributed by atoms with Crippen LogP contribution in [0.4, 0.5) is 0 Å². The van der Waals surface area contributed by atoms with Gasteiger partial charge in [-0.15, -0.1) is 0 Å². The van der Waals surface area contributed by atoms with Gasteiger partial charge in [0, 0.05) is 25.8 Å². The molecule has 5 aliphatic rings. The van der Waals surface area contributed by atoms with Gasteiger partial charge in [-0.3, -0.25) is 0 Å². The molecule has 1 heterocycles. The Bertz CT molecular complexity index is 630. The Labute approximate surface area is 169 Å². The van der Waals surface area contributed by atoms with Gasteiger partial charge < -0.3 is 15.1 Å². The van der Waals surface area contributed by atoms with Crippen molar-refractivity contribution in [2.24, 2.45) is 17.8 Å². The Balaban J connectivity index is 1.11. The first-order valence-electron chi connectivity index (χ1n) is 11.1. The Morgan fingerprint density at radius 2 is 1.59 bits per heavy atom. The molecule has 6 rings (SSSR count). The van der Waals surface area contributed by atoms with Crippen LogP contribution in [0, 0.1) is 17.8 Å². The zero-order valence-electron chi connectivity index (χ0n) is 16.5. The largest absolute Gasteiger partial charge is 0.362 e. The monoisotopic (exact) mass is 384 g/mol. The molecule has 1 saturated heterocycles. The number of thiocarbonyl (C=S) groups is 1. The van der Waals surface area contributed by atoms with Gasteiger partial charge in [-0.25, -0.2) is 0 Å². The van der Waals surface area contributed by atoms with Gasteiger partial charge in [0.05, 0.1) is 31.7 Å². The molecule has 1 aliphatic heterocycles. The van der Waals surface area contributed by atoms with E-state index >= 15 is 0 Å². The van der Waals surface area contributed by atoms with Crippen LogP contribution in [0.5, 0.6) is 0 Å². The van der Waals surface area contributed by atoms with Gasteiger partial charge in [0.2, 0.25) is 0 Å². The summed E-state index contributed by atoms with van der Waals surface area (Å²) in [6.45, 7) is 5.77. The lowest BCUT2D eigenvalue weighted by molar-refractivity contribution is -0.962. The third-order valence-corrected chi connectivity index (χ3v) is 8.38. The molecule has 2 N–H and O–H groups in total. The van der Waals surface area contributed by atoms with E-state index in [9.17, 15) is 0 Å². The van der Waals surface area contributed by atoms with Crippen molar-refractivity contribution in [2.75, 3.05) is 32.7 Å². The van der Waals surface area contributed by atoms with E-state index in [1.165, 1.54) is 37.9 Å². The smallest absolute Gasteiger partial charge is 0.169 e. The highest BCUT2D eigenvalue weighted by atomic mass is 32.1. The van der Waals surface area contributed by atoms with Crippen LogP contribution in [0.25, 0.3) is 0 Å². The zero-order chi connectivity index (χ0) is 18.3. The average molecular weight is 385 g/mol. The molecule has 0 amide bonds. The van der Waals surface area contributed by atoms with Gasteiger partial charge in [-0.1, -0.05) is 30.3 Å². The molecule has 0 aromatic heterocycles. The summed E-state index contributed by atoms with van der Waals surface area (Å²) < 4.78 is 0. The molecule has 4 aliphatic carbocycles. The zero-order valence-corrected chi connectivity index (χ0v) is 17.3. The lowest BCUT2D eigenvalue weighted by Crippen LogP contribution is -3.23. The minimum Gasteiger partial charge on any atom is -0.362 e. The molecule has 1 aromatic rings. The predicted octanol–water partition coefficient (Wildman–Crippen LogP) is 2.27. The first-order valence-corrected chi connectivity index (χ1v) is 11.5. The van der Waals surface area contributed by atoms with Crippen molar-refractivity contribution in [1.29, 1.82) is 0 Å². The van der Waals surface area contributed by atoms with Gasteiger partial charge in [0.15, 0.2) is 5.11 Å². The first kappa shape index (κ1) is 17.9. The lowest BCUT2D eigenvalue weighted by atomic mass is 9.52.